The average molecular weight is 359 g/mol. The van der Waals surface area contributed by atoms with Gasteiger partial charge in [-0.15, -0.1) is 0 Å². The summed E-state index contributed by atoms with van der Waals surface area (Å²) in [6.45, 7) is 4.11. The molecule has 0 spiro atoms. The molecule has 0 amide bonds. The first kappa shape index (κ1) is 17.6. The van der Waals surface area contributed by atoms with Crippen LogP contribution in [0.1, 0.15) is 24.8 Å². The van der Waals surface area contributed by atoms with Crippen molar-refractivity contribution >= 4 is 0 Å². The van der Waals surface area contributed by atoms with E-state index in [1.54, 1.807) is 6.20 Å². The van der Waals surface area contributed by atoms with Gasteiger partial charge in [0.25, 0.3) is 0 Å². The zero-order valence-corrected chi connectivity index (χ0v) is 15.0. The van der Waals surface area contributed by atoms with Crippen LogP contribution in [-0.2, 0) is 22.6 Å². The maximum absolute atomic E-state index is 13.1. The Morgan fingerprint density at radius 1 is 1.23 bits per heavy atom. The molecule has 0 radical (unpaired) electrons. The molecule has 1 aliphatic heterocycles. The molecule has 2 aliphatic rings. The molecule has 0 N–H and O–H groups in total. The standard InChI is InChI=1S/C20H26FN3O2/c21-17-5-3-16(4-6-17)15-23-12-14-26-20-18(23)7-8-19(20)25-13-2-11-24-10-1-9-22-24/h1,3-6,9-10,18-20H,2,7-8,11-15H2/t18-,19-,20+/m1/s1. The van der Waals surface area contributed by atoms with E-state index in [4.69, 9.17) is 9.47 Å². The molecule has 1 saturated carbocycles. The van der Waals surface area contributed by atoms with Gasteiger partial charge < -0.3 is 9.47 Å². The minimum atomic E-state index is -0.182. The van der Waals surface area contributed by atoms with Crippen LogP contribution < -0.4 is 0 Å². The molecule has 140 valence electrons. The lowest BCUT2D eigenvalue weighted by Crippen LogP contribution is -2.51. The van der Waals surface area contributed by atoms with Crippen LogP contribution in [0, 0.1) is 5.82 Å². The highest BCUT2D eigenvalue weighted by Crippen LogP contribution is 2.33. The van der Waals surface area contributed by atoms with Gasteiger partial charge in [-0.1, -0.05) is 12.1 Å². The second-order valence-electron chi connectivity index (χ2n) is 7.11. The van der Waals surface area contributed by atoms with E-state index in [9.17, 15) is 4.39 Å². The number of ether oxygens (including phenoxy) is 2. The lowest BCUT2D eigenvalue weighted by atomic mass is 10.1. The summed E-state index contributed by atoms with van der Waals surface area (Å²) in [7, 11) is 0. The normalized spacial score (nSPS) is 26.1. The van der Waals surface area contributed by atoms with Gasteiger partial charge in [0.05, 0.1) is 18.8 Å². The van der Waals surface area contributed by atoms with Gasteiger partial charge in [-0.05, 0) is 43.0 Å². The highest BCUT2D eigenvalue weighted by molar-refractivity contribution is 5.16. The Labute approximate surface area is 153 Å². The summed E-state index contributed by atoms with van der Waals surface area (Å²) < 4.78 is 27.2. The average Bonchev–Trinajstić information content (AvgIpc) is 3.31. The number of hydrogen-bond donors (Lipinski definition) is 0. The number of aromatic nitrogens is 2. The molecular formula is C20H26FN3O2. The molecule has 1 aromatic heterocycles. The molecule has 4 rings (SSSR count). The van der Waals surface area contributed by atoms with E-state index in [-0.39, 0.29) is 18.0 Å². The maximum Gasteiger partial charge on any atom is 0.123 e. The van der Waals surface area contributed by atoms with E-state index in [2.05, 4.69) is 10.00 Å². The summed E-state index contributed by atoms with van der Waals surface area (Å²) in [5.41, 5.74) is 1.15. The summed E-state index contributed by atoms with van der Waals surface area (Å²) in [5, 5.41) is 4.21. The molecule has 2 aromatic rings. The molecule has 2 fully saturated rings. The van der Waals surface area contributed by atoms with Gasteiger partial charge in [0.2, 0.25) is 0 Å². The summed E-state index contributed by atoms with van der Waals surface area (Å²) >= 11 is 0. The molecule has 1 aliphatic carbocycles. The maximum atomic E-state index is 13.1. The van der Waals surface area contributed by atoms with Crippen molar-refractivity contribution in [3.63, 3.8) is 0 Å². The van der Waals surface area contributed by atoms with Gasteiger partial charge in [0, 0.05) is 44.7 Å². The van der Waals surface area contributed by atoms with Crippen molar-refractivity contribution in [2.45, 2.75) is 50.6 Å². The van der Waals surface area contributed by atoms with Crippen molar-refractivity contribution in [3.8, 4) is 0 Å². The molecule has 3 atom stereocenters. The molecule has 2 heterocycles. The summed E-state index contributed by atoms with van der Waals surface area (Å²) in [5.74, 6) is -0.182. The minimum Gasteiger partial charge on any atom is -0.375 e. The number of halogens is 1. The van der Waals surface area contributed by atoms with Crippen LogP contribution >= 0.6 is 0 Å². The van der Waals surface area contributed by atoms with E-state index >= 15 is 0 Å². The van der Waals surface area contributed by atoms with Crippen molar-refractivity contribution in [1.82, 2.24) is 14.7 Å². The lowest BCUT2D eigenvalue weighted by Gasteiger charge is -2.39. The Balaban J connectivity index is 1.27. The number of aryl methyl sites for hydroxylation is 1. The third-order valence-electron chi connectivity index (χ3n) is 5.37. The molecule has 5 nitrogen and oxygen atoms in total. The summed E-state index contributed by atoms with van der Waals surface area (Å²) in [4.78, 5) is 2.47. The van der Waals surface area contributed by atoms with Crippen molar-refractivity contribution in [2.75, 3.05) is 19.8 Å². The third kappa shape index (κ3) is 4.14. The van der Waals surface area contributed by atoms with Gasteiger partial charge in [0.1, 0.15) is 5.82 Å². The fourth-order valence-electron chi connectivity index (χ4n) is 4.08. The number of fused-ring (bicyclic) bond motifs is 1. The zero-order valence-electron chi connectivity index (χ0n) is 15.0. The van der Waals surface area contributed by atoms with Crippen molar-refractivity contribution in [2.24, 2.45) is 0 Å². The van der Waals surface area contributed by atoms with Gasteiger partial charge in [0.15, 0.2) is 0 Å². The molecule has 26 heavy (non-hydrogen) atoms. The van der Waals surface area contributed by atoms with E-state index in [1.807, 2.05) is 29.1 Å². The van der Waals surface area contributed by atoms with Crippen LogP contribution in [0.4, 0.5) is 4.39 Å². The lowest BCUT2D eigenvalue weighted by molar-refractivity contribution is -0.115. The highest BCUT2D eigenvalue weighted by atomic mass is 19.1. The van der Waals surface area contributed by atoms with Gasteiger partial charge in [-0.3, -0.25) is 9.58 Å². The fourth-order valence-corrected chi connectivity index (χ4v) is 4.08. The number of morpholine rings is 1. The highest BCUT2D eigenvalue weighted by Gasteiger charge is 2.43. The predicted molar refractivity (Wildman–Crippen MR) is 96.2 cm³/mol. The monoisotopic (exact) mass is 359 g/mol. The molecule has 0 unspecified atom stereocenters. The Kier molecular flexibility index (Phi) is 5.62. The van der Waals surface area contributed by atoms with Crippen LogP contribution in [0.5, 0.6) is 0 Å². The first-order valence-electron chi connectivity index (χ1n) is 9.49. The van der Waals surface area contributed by atoms with Gasteiger partial charge in [-0.2, -0.15) is 5.10 Å². The second kappa shape index (κ2) is 8.29. The first-order chi connectivity index (χ1) is 12.8. The van der Waals surface area contributed by atoms with Crippen molar-refractivity contribution in [3.05, 3.63) is 54.1 Å². The Morgan fingerprint density at radius 2 is 2.12 bits per heavy atom. The molecular weight excluding hydrogens is 333 g/mol. The predicted octanol–water partition coefficient (Wildman–Crippen LogP) is 2.86. The summed E-state index contributed by atoms with van der Waals surface area (Å²) in [6, 6.07) is 9.15. The molecule has 1 aromatic carbocycles. The third-order valence-corrected chi connectivity index (χ3v) is 5.37. The number of rotatable bonds is 7. The fraction of sp³-hybridized carbons (Fsp3) is 0.550. The second-order valence-corrected chi connectivity index (χ2v) is 7.11. The number of hydrogen-bond acceptors (Lipinski definition) is 4. The van der Waals surface area contributed by atoms with Crippen molar-refractivity contribution < 1.29 is 13.9 Å². The van der Waals surface area contributed by atoms with Crippen LogP contribution in [-0.4, -0.2) is 52.7 Å². The quantitative estimate of drug-likeness (QED) is 0.713. The van der Waals surface area contributed by atoms with Crippen LogP contribution in [0.15, 0.2) is 42.7 Å². The van der Waals surface area contributed by atoms with E-state index in [0.29, 0.717) is 6.04 Å². The first-order valence-corrected chi connectivity index (χ1v) is 9.49. The van der Waals surface area contributed by atoms with Crippen LogP contribution in [0.3, 0.4) is 0 Å². The van der Waals surface area contributed by atoms with E-state index in [0.717, 1.165) is 57.7 Å². The van der Waals surface area contributed by atoms with E-state index < -0.39 is 0 Å². The Hall–Kier alpha value is -1.76. The van der Waals surface area contributed by atoms with E-state index in [1.165, 1.54) is 12.1 Å². The summed E-state index contributed by atoms with van der Waals surface area (Å²) in [6.07, 6.45) is 7.18. The minimum absolute atomic E-state index is 0.147. The smallest absolute Gasteiger partial charge is 0.123 e. The van der Waals surface area contributed by atoms with Crippen LogP contribution in [0.25, 0.3) is 0 Å². The Morgan fingerprint density at radius 3 is 2.92 bits per heavy atom. The molecule has 0 bridgehead atoms. The zero-order chi connectivity index (χ0) is 17.8. The largest absolute Gasteiger partial charge is 0.375 e. The Bertz CT molecular complexity index is 677. The molecule has 6 heteroatoms. The van der Waals surface area contributed by atoms with Crippen LogP contribution in [0.2, 0.25) is 0 Å². The number of benzene rings is 1. The number of nitrogens with zero attached hydrogens (tertiary/aromatic N) is 3. The van der Waals surface area contributed by atoms with Gasteiger partial charge in [-0.25, -0.2) is 4.39 Å². The van der Waals surface area contributed by atoms with Gasteiger partial charge >= 0.3 is 0 Å². The molecule has 1 saturated heterocycles. The topological polar surface area (TPSA) is 39.5 Å². The SMILES string of the molecule is Fc1ccc(CN2CCO[C@H]3[C@H]2CC[C@H]3OCCCn2cccn2)cc1. The van der Waals surface area contributed by atoms with Crippen molar-refractivity contribution in [1.29, 1.82) is 0 Å².